The van der Waals surface area contributed by atoms with Gasteiger partial charge in [-0.25, -0.2) is 9.18 Å². The average Bonchev–Trinajstić information content (AvgIpc) is 2.49. The van der Waals surface area contributed by atoms with Crippen LogP contribution in [0.3, 0.4) is 0 Å². The van der Waals surface area contributed by atoms with Crippen molar-refractivity contribution in [2.75, 3.05) is 12.4 Å². The first kappa shape index (κ1) is 14.8. The van der Waals surface area contributed by atoms with Crippen LogP contribution in [0.1, 0.15) is 21.5 Å². The zero-order chi connectivity index (χ0) is 15.4. The molecule has 2 aromatic carbocycles. The Morgan fingerprint density at radius 3 is 2.81 bits per heavy atom. The molecule has 0 aliphatic carbocycles. The fraction of sp³-hybridized carbons (Fsp3) is 0.188. The van der Waals surface area contributed by atoms with E-state index in [1.165, 1.54) is 19.2 Å². The van der Waals surface area contributed by atoms with Crippen molar-refractivity contribution in [1.29, 1.82) is 0 Å². The molecule has 21 heavy (non-hydrogen) atoms. The molecular weight excluding hydrogens is 273 g/mol. The van der Waals surface area contributed by atoms with E-state index < -0.39 is 11.8 Å². The van der Waals surface area contributed by atoms with Crippen LogP contribution in [0.4, 0.5) is 10.1 Å². The normalized spacial score (nSPS) is 10.2. The summed E-state index contributed by atoms with van der Waals surface area (Å²) in [6, 6.07) is 9.24. The molecule has 2 rings (SSSR count). The number of hydrogen-bond acceptors (Lipinski definition) is 4. The first-order chi connectivity index (χ1) is 10.0. The number of anilines is 1. The molecular formula is C16H16FNO3. The molecule has 0 bridgehead atoms. The second-order valence-electron chi connectivity index (χ2n) is 4.62. The first-order valence-electron chi connectivity index (χ1n) is 6.42. The number of methoxy groups -OCH3 is 1. The standard InChI is InChI=1S/C16H16FNO3/c1-10-4-3-5-11(15(10)19)9-18-14-7-6-12(17)8-13(14)16(20)21-2/h3-8,18-19H,9H2,1-2H3. The monoisotopic (exact) mass is 289 g/mol. The predicted molar refractivity (Wildman–Crippen MR) is 77.9 cm³/mol. The van der Waals surface area contributed by atoms with Gasteiger partial charge in [-0.15, -0.1) is 0 Å². The predicted octanol–water partition coefficient (Wildman–Crippen LogP) is 3.24. The molecule has 0 spiro atoms. The summed E-state index contributed by atoms with van der Waals surface area (Å²) in [6.07, 6.45) is 0. The van der Waals surface area contributed by atoms with Crippen LogP contribution in [0.25, 0.3) is 0 Å². The van der Waals surface area contributed by atoms with E-state index >= 15 is 0 Å². The lowest BCUT2D eigenvalue weighted by Gasteiger charge is -2.12. The number of nitrogens with one attached hydrogen (secondary N) is 1. The van der Waals surface area contributed by atoms with E-state index in [0.29, 0.717) is 17.8 Å². The van der Waals surface area contributed by atoms with Crippen LogP contribution < -0.4 is 5.32 Å². The van der Waals surface area contributed by atoms with Crippen LogP contribution in [0.15, 0.2) is 36.4 Å². The molecule has 2 aromatic rings. The topological polar surface area (TPSA) is 58.6 Å². The second-order valence-corrected chi connectivity index (χ2v) is 4.62. The molecule has 0 radical (unpaired) electrons. The van der Waals surface area contributed by atoms with E-state index in [9.17, 15) is 14.3 Å². The summed E-state index contributed by atoms with van der Waals surface area (Å²) in [5.41, 5.74) is 2.02. The summed E-state index contributed by atoms with van der Waals surface area (Å²) in [7, 11) is 1.24. The van der Waals surface area contributed by atoms with Crippen LogP contribution in [0, 0.1) is 12.7 Å². The fourth-order valence-corrected chi connectivity index (χ4v) is 2.00. The number of carbonyl (C=O) groups is 1. The summed E-state index contributed by atoms with van der Waals surface area (Å²) < 4.78 is 17.9. The van der Waals surface area contributed by atoms with Gasteiger partial charge in [-0.2, -0.15) is 0 Å². The summed E-state index contributed by atoms with van der Waals surface area (Å²) >= 11 is 0. The van der Waals surface area contributed by atoms with Gasteiger partial charge in [0, 0.05) is 17.8 Å². The minimum Gasteiger partial charge on any atom is -0.507 e. The molecule has 0 unspecified atom stereocenters. The van der Waals surface area contributed by atoms with Crippen LogP contribution >= 0.6 is 0 Å². The number of aromatic hydroxyl groups is 1. The van der Waals surface area contributed by atoms with Crippen molar-refractivity contribution < 1.29 is 19.0 Å². The molecule has 5 heteroatoms. The molecule has 0 aliphatic heterocycles. The molecule has 4 nitrogen and oxygen atoms in total. The van der Waals surface area contributed by atoms with Crippen LogP contribution in [-0.2, 0) is 11.3 Å². The van der Waals surface area contributed by atoms with Gasteiger partial charge in [-0.05, 0) is 30.7 Å². The molecule has 0 heterocycles. The highest BCUT2D eigenvalue weighted by Crippen LogP contribution is 2.24. The minimum absolute atomic E-state index is 0.115. The van der Waals surface area contributed by atoms with Gasteiger partial charge in [0.15, 0.2) is 0 Å². The summed E-state index contributed by atoms with van der Waals surface area (Å²) in [5.74, 6) is -0.934. The molecule has 0 aromatic heterocycles. The Hall–Kier alpha value is -2.56. The number of phenolic OH excluding ortho intramolecular Hbond substituents is 1. The number of ether oxygens (including phenoxy) is 1. The summed E-state index contributed by atoms with van der Waals surface area (Å²) in [5, 5.41) is 13.0. The lowest BCUT2D eigenvalue weighted by atomic mass is 10.1. The molecule has 0 amide bonds. The molecule has 2 N–H and O–H groups in total. The third-order valence-electron chi connectivity index (χ3n) is 3.18. The van der Waals surface area contributed by atoms with Crippen molar-refractivity contribution in [3.63, 3.8) is 0 Å². The van der Waals surface area contributed by atoms with Gasteiger partial charge in [-0.3, -0.25) is 0 Å². The maximum atomic E-state index is 13.2. The van der Waals surface area contributed by atoms with Crippen molar-refractivity contribution in [1.82, 2.24) is 0 Å². The van der Waals surface area contributed by atoms with E-state index in [2.05, 4.69) is 10.1 Å². The minimum atomic E-state index is -0.620. The van der Waals surface area contributed by atoms with Gasteiger partial charge < -0.3 is 15.2 Å². The number of rotatable bonds is 4. The molecule has 0 aliphatic rings. The van der Waals surface area contributed by atoms with E-state index in [1.807, 2.05) is 6.07 Å². The Morgan fingerprint density at radius 2 is 2.10 bits per heavy atom. The number of hydrogen-bond donors (Lipinski definition) is 2. The molecule has 0 saturated carbocycles. The smallest absolute Gasteiger partial charge is 0.340 e. The number of aryl methyl sites for hydroxylation is 1. The summed E-state index contributed by atoms with van der Waals surface area (Å²) in [4.78, 5) is 11.6. The highest BCUT2D eigenvalue weighted by atomic mass is 19.1. The number of phenols is 1. The van der Waals surface area contributed by atoms with E-state index in [4.69, 9.17) is 0 Å². The van der Waals surface area contributed by atoms with E-state index in [-0.39, 0.29) is 11.3 Å². The van der Waals surface area contributed by atoms with Gasteiger partial charge in [-0.1, -0.05) is 18.2 Å². The maximum absolute atomic E-state index is 13.2. The highest BCUT2D eigenvalue weighted by molar-refractivity contribution is 5.95. The summed E-state index contributed by atoms with van der Waals surface area (Å²) in [6.45, 7) is 2.11. The maximum Gasteiger partial charge on any atom is 0.340 e. The Bertz CT molecular complexity index is 671. The third kappa shape index (κ3) is 3.31. The van der Waals surface area contributed by atoms with E-state index in [1.54, 1.807) is 19.1 Å². The Balaban J connectivity index is 2.24. The first-order valence-corrected chi connectivity index (χ1v) is 6.42. The molecule has 0 atom stereocenters. The van der Waals surface area contributed by atoms with Gasteiger partial charge in [0.25, 0.3) is 0 Å². The van der Waals surface area contributed by atoms with Crippen molar-refractivity contribution in [2.45, 2.75) is 13.5 Å². The lowest BCUT2D eigenvalue weighted by molar-refractivity contribution is 0.0601. The van der Waals surface area contributed by atoms with Crippen molar-refractivity contribution >= 4 is 11.7 Å². The zero-order valence-electron chi connectivity index (χ0n) is 11.8. The van der Waals surface area contributed by atoms with Gasteiger partial charge in [0.05, 0.1) is 12.7 Å². The average molecular weight is 289 g/mol. The Labute approximate surface area is 122 Å². The Kier molecular flexibility index (Phi) is 4.42. The quantitative estimate of drug-likeness (QED) is 0.848. The number of halogens is 1. The Morgan fingerprint density at radius 1 is 1.33 bits per heavy atom. The highest BCUT2D eigenvalue weighted by Gasteiger charge is 2.13. The van der Waals surface area contributed by atoms with Crippen LogP contribution in [0.2, 0.25) is 0 Å². The van der Waals surface area contributed by atoms with Crippen LogP contribution in [0.5, 0.6) is 5.75 Å². The molecule has 110 valence electrons. The SMILES string of the molecule is COC(=O)c1cc(F)ccc1NCc1cccc(C)c1O. The largest absolute Gasteiger partial charge is 0.507 e. The van der Waals surface area contributed by atoms with Crippen molar-refractivity contribution in [3.05, 3.63) is 58.9 Å². The van der Waals surface area contributed by atoms with Crippen LogP contribution in [-0.4, -0.2) is 18.2 Å². The van der Waals surface area contributed by atoms with Crippen molar-refractivity contribution in [2.24, 2.45) is 0 Å². The second kappa shape index (κ2) is 6.26. The molecule has 0 fully saturated rings. The number of para-hydroxylation sites is 1. The van der Waals surface area contributed by atoms with Gasteiger partial charge in [0.2, 0.25) is 0 Å². The molecule has 0 saturated heterocycles. The number of benzene rings is 2. The third-order valence-corrected chi connectivity index (χ3v) is 3.18. The van der Waals surface area contributed by atoms with Crippen molar-refractivity contribution in [3.8, 4) is 5.75 Å². The lowest BCUT2D eigenvalue weighted by Crippen LogP contribution is -2.09. The van der Waals surface area contributed by atoms with Gasteiger partial charge >= 0.3 is 5.97 Å². The fourth-order valence-electron chi connectivity index (χ4n) is 2.00. The number of carbonyl (C=O) groups excluding carboxylic acids is 1. The number of esters is 1. The van der Waals surface area contributed by atoms with Gasteiger partial charge in [0.1, 0.15) is 11.6 Å². The zero-order valence-corrected chi connectivity index (χ0v) is 11.8. The van der Waals surface area contributed by atoms with E-state index in [0.717, 1.165) is 11.6 Å².